The molecule has 0 saturated carbocycles. The van der Waals surface area contributed by atoms with Crippen LogP contribution in [-0.2, 0) is 11.2 Å². The molecule has 1 unspecified atom stereocenters. The summed E-state index contributed by atoms with van der Waals surface area (Å²) in [7, 11) is 0. The van der Waals surface area contributed by atoms with Gasteiger partial charge >= 0.3 is 0 Å². The van der Waals surface area contributed by atoms with E-state index in [1.165, 1.54) is 5.56 Å². The summed E-state index contributed by atoms with van der Waals surface area (Å²) in [5.74, 6) is 0. The van der Waals surface area contributed by atoms with Gasteiger partial charge in [-0.1, -0.05) is 30.7 Å². The molecule has 1 atom stereocenters. The Morgan fingerprint density at radius 1 is 1.45 bits per heavy atom. The Hall–Kier alpha value is -0.770. The lowest BCUT2D eigenvalue weighted by Crippen LogP contribution is -2.48. The van der Waals surface area contributed by atoms with Gasteiger partial charge in [-0.05, 0) is 38.3 Å². The molecular weight excluding hydrogens is 272 g/mol. The Labute approximate surface area is 127 Å². The van der Waals surface area contributed by atoms with Crippen LogP contribution in [0.1, 0.15) is 32.8 Å². The summed E-state index contributed by atoms with van der Waals surface area (Å²) in [6.07, 6.45) is 1.84. The highest BCUT2D eigenvalue weighted by atomic mass is 35.5. The summed E-state index contributed by atoms with van der Waals surface area (Å²) in [5, 5.41) is 0.809. The van der Waals surface area contributed by atoms with Crippen LogP contribution in [0.25, 0.3) is 0 Å². The Bertz CT molecular complexity index is 462. The number of ether oxygens (including phenoxy) is 1. The summed E-state index contributed by atoms with van der Waals surface area (Å²) in [5.41, 5.74) is 8.36. The van der Waals surface area contributed by atoms with Crippen molar-refractivity contribution in [1.29, 1.82) is 0 Å². The highest BCUT2D eigenvalue weighted by Crippen LogP contribution is 2.33. The van der Waals surface area contributed by atoms with Crippen LogP contribution in [0.5, 0.6) is 0 Å². The number of para-hydroxylation sites is 1. The van der Waals surface area contributed by atoms with Crippen LogP contribution in [-0.4, -0.2) is 31.3 Å². The van der Waals surface area contributed by atoms with E-state index in [4.69, 9.17) is 22.1 Å². The first-order valence-corrected chi connectivity index (χ1v) is 7.72. The minimum Gasteiger partial charge on any atom is -0.372 e. The second kappa shape index (κ2) is 6.33. The topological polar surface area (TPSA) is 38.5 Å². The average molecular weight is 297 g/mol. The largest absolute Gasteiger partial charge is 0.372 e. The molecular formula is C16H25ClN2O. The number of rotatable bonds is 4. The van der Waals surface area contributed by atoms with Crippen LogP contribution >= 0.6 is 11.6 Å². The molecule has 1 saturated heterocycles. The van der Waals surface area contributed by atoms with E-state index in [9.17, 15) is 0 Å². The van der Waals surface area contributed by atoms with E-state index in [1.54, 1.807) is 0 Å². The minimum absolute atomic E-state index is 0.137. The quantitative estimate of drug-likeness (QED) is 0.927. The molecule has 0 aliphatic carbocycles. The number of halogens is 1. The molecule has 0 aromatic heterocycles. The molecule has 4 heteroatoms. The summed E-state index contributed by atoms with van der Waals surface area (Å²) in [4.78, 5) is 2.34. The normalized spacial score (nSPS) is 19.9. The molecule has 1 fully saturated rings. The molecule has 2 rings (SSSR count). The minimum atomic E-state index is -0.137. The van der Waals surface area contributed by atoms with E-state index in [-0.39, 0.29) is 11.6 Å². The molecule has 20 heavy (non-hydrogen) atoms. The van der Waals surface area contributed by atoms with Crippen molar-refractivity contribution >= 4 is 17.3 Å². The second-order valence-corrected chi connectivity index (χ2v) is 6.56. The Morgan fingerprint density at radius 2 is 2.20 bits per heavy atom. The highest BCUT2D eigenvalue weighted by molar-refractivity contribution is 6.33. The summed E-state index contributed by atoms with van der Waals surface area (Å²) in [6, 6.07) is 6.29. The van der Waals surface area contributed by atoms with E-state index < -0.39 is 0 Å². The number of nitrogens with two attached hydrogens (primary N) is 1. The van der Waals surface area contributed by atoms with Crippen LogP contribution < -0.4 is 10.6 Å². The third kappa shape index (κ3) is 3.66. The van der Waals surface area contributed by atoms with Gasteiger partial charge in [-0.3, -0.25) is 0 Å². The molecule has 112 valence electrons. The maximum absolute atomic E-state index is 6.46. The Kier molecular flexibility index (Phi) is 4.95. The molecule has 1 aromatic carbocycles. The van der Waals surface area contributed by atoms with Crippen molar-refractivity contribution in [2.24, 2.45) is 5.73 Å². The monoisotopic (exact) mass is 296 g/mol. The molecule has 1 aliphatic heterocycles. The van der Waals surface area contributed by atoms with Crippen molar-refractivity contribution < 1.29 is 4.74 Å². The van der Waals surface area contributed by atoms with Gasteiger partial charge < -0.3 is 15.4 Å². The van der Waals surface area contributed by atoms with Gasteiger partial charge in [0.25, 0.3) is 0 Å². The number of nitrogens with zero attached hydrogens (tertiary/aromatic N) is 1. The van der Waals surface area contributed by atoms with Crippen molar-refractivity contribution in [1.82, 2.24) is 0 Å². The van der Waals surface area contributed by atoms with Gasteiger partial charge in [-0.15, -0.1) is 0 Å². The molecule has 3 nitrogen and oxygen atoms in total. The second-order valence-electron chi connectivity index (χ2n) is 6.15. The fourth-order valence-electron chi connectivity index (χ4n) is 2.71. The zero-order valence-electron chi connectivity index (χ0n) is 12.7. The fraction of sp³-hybridized carbons (Fsp3) is 0.625. The zero-order chi connectivity index (χ0) is 14.8. The first-order valence-electron chi connectivity index (χ1n) is 7.35. The lowest BCUT2D eigenvalue weighted by atomic mass is 10.00. The van der Waals surface area contributed by atoms with Crippen molar-refractivity contribution in [3.8, 4) is 0 Å². The van der Waals surface area contributed by atoms with Gasteiger partial charge in [0.15, 0.2) is 0 Å². The molecule has 0 amide bonds. The predicted molar refractivity (Wildman–Crippen MR) is 85.7 cm³/mol. The van der Waals surface area contributed by atoms with Gasteiger partial charge in [0.05, 0.1) is 22.9 Å². The standard InChI is InChI=1S/C16H25ClN2O/c1-4-13(18)10-12-6-5-7-14(17)15(12)19-8-9-20-16(2,3)11-19/h5-7,13H,4,8-11,18H2,1-3H3. The SMILES string of the molecule is CCC(N)Cc1cccc(Cl)c1N1CCOC(C)(C)C1. The molecule has 1 aliphatic rings. The van der Waals surface area contributed by atoms with E-state index in [1.807, 2.05) is 12.1 Å². The van der Waals surface area contributed by atoms with Crippen LogP contribution in [0, 0.1) is 0 Å². The Balaban J connectivity index is 2.29. The number of anilines is 1. The average Bonchev–Trinajstić information content (AvgIpc) is 2.37. The molecule has 2 N–H and O–H groups in total. The van der Waals surface area contributed by atoms with Crippen LogP contribution in [0.2, 0.25) is 5.02 Å². The lowest BCUT2D eigenvalue weighted by Gasteiger charge is -2.40. The first-order chi connectivity index (χ1) is 9.43. The van der Waals surface area contributed by atoms with E-state index >= 15 is 0 Å². The van der Waals surface area contributed by atoms with E-state index in [2.05, 4.69) is 31.7 Å². The summed E-state index contributed by atoms with van der Waals surface area (Å²) in [6.45, 7) is 8.82. The fourth-order valence-corrected chi connectivity index (χ4v) is 3.03. The number of hydrogen-bond donors (Lipinski definition) is 1. The molecule has 0 radical (unpaired) electrons. The number of morpholine rings is 1. The number of benzene rings is 1. The lowest BCUT2D eigenvalue weighted by molar-refractivity contribution is -0.0277. The first kappa shape index (κ1) is 15.6. The van der Waals surface area contributed by atoms with Crippen molar-refractivity contribution in [3.05, 3.63) is 28.8 Å². The smallest absolute Gasteiger partial charge is 0.0801 e. The summed E-state index contributed by atoms with van der Waals surface area (Å²) < 4.78 is 5.79. The molecule has 0 spiro atoms. The third-order valence-corrected chi connectivity index (χ3v) is 4.12. The molecule has 0 bridgehead atoms. The third-order valence-electron chi connectivity index (χ3n) is 3.82. The van der Waals surface area contributed by atoms with Gasteiger partial charge in [0.1, 0.15) is 0 Å². The van der Waals surface area contributed by atoms with E-state index in [0.29, 0.717) is 0 Å². The van der Waals surface area contributed by atoms with Gasteiger partial charge in [0, 0.05) is 19.1 Å². The molecule has 1 aromatic rings. The van der Waals surface area contributed by atoms with Crippen molar-refractivity contribution in [3.63, 3.8) is 0 Å². The predicted octanol–water partition coefficient (Wildman–Crippen LogP) is 3.24. The van der Waals surface area contributed by atoms with Crippen molar-refractivity contribution in [2.75, 3.05) is 24.6 Å². The van der Waals surface area contributed by atoms with E-state index in [0.717, 1.165) is 43.2 Å². The molecule has 1 heterocycles. The maximum Gasteiger partial charge on any atom is 0.0801 e. The zero-order valence-corrected chi connectivity index (χ0v) is 13.4. The maximum atomic E-state index is 6.46. The van der Waals surface area contributed by atoms with Crippen LogP contribution in [0.4, 0.5) is 5.69 Å². The Morgan fingerprint density at radius 3 is 2.85 bits per heavy atom. The van der Waals surface area contributed by atoms with Gasteiger partial charge in [-0.2, -0.15) is 0 Å². The van der Waals surface area contributed by atoms with Gasteiger partial charge in [-0.25, -0.2) is 0 Å². The van der Waals surface area contributed by atoms with Crippen LogP contribution in [0.15, 0.2) is 18.2 Å². The highest BCUT2D eigenvalue weighted by Gasteiger charge is 2.29. The van der Waals surface area contributed by atoms with Crippen LogP contribution in [0.3, 0.4) is 0 Å². The summed E-state index contributed by atoms with van der Waals surface area (Å²) >= 11 is 6.46. The van der Waals surface area contributed by atoms with Crippen molar-refractivity contribution in [2.45, 2.75) is 45.3 Å². The van der Waals surface area contributed by atoms with Gasteiger partial charge in [0.2, 0.25) is 0 Å². The number of hydrogen-bond acceptors (Lipinski definition) is 3.